The number of methoxy groups -OCH3 is 1. The van der Waals surface area contributed by atoms with Crippen molar-refractivity contribution in [2.75, 3.05) is 44.9 Å². The van der Waals surface area contributed by atoms with Crippen LogP contribution in [0.1, 0.15) is 5.56 Å². The number of rotatable bonds is 10. The number of ether oxygens (including phenoxy) is 1. The Balaban J connectivity index is 2.86. The second kappa shape index (κ2) is 9.59. The van der Waals surface area contributed by atoms with E-state index in [9.17, 15) is 13.2 Å². The molecule has 1 aromatic carbocycles. The Bertz CT molecular complexity index is 419. The fourth-order valence-electron chi connectivity index (χ4n) is 2.00. The van der Waals surface area contributed by atoms with Crippen molar-refractivity contribution in [2.45, 2.75) is 13.0 Å². The zero-order chi connectivity index (χ0) is 15.7. The number of anilines is 1. The van der Waals surface area contributed by atoms with Crippen molar-refractivity contribution >= 4 is 5.69 Å². The van der Waals surface area contributed by atoms with E-state index in [0.29, 0.717) is 30.9 Å². The lowest BCUT2D eigenvalue weighted by molar-refractivity contribution is 0.152. The highest BCUT2D eigenvalue weighted by Crippen LogP contribution is 2.22. The molecule has 0 unspecified atom stereocenters. The average molecular weight is 306 g/mol. The Morgan fingerprint density at radius 1 is 1.38 bits per heavy atom. The Morgan fingerprint density at radius 3 is 2.76 bits per heavy atom. The number of hydrogen-bond acceptors (Lipinski definition) is 4. The summed E-state index contributed by atoms with van der Waals surface area (Å²) >= 11 is 0. The second-order valence-corrected chi connectivity index (χ2v) is 4.50. The third kappa shape index (κ3) is 6.33. The van der Waals surface area contributed by atoms with Gasteiger partial charge in [0.1, 0.15) is 5.82 Å². The third-order valence-corrected chi connectivity index (χ3v) is 2.91. The normalized spacial score (nSPS) is 11.1. The molecule has 0 aliphatic heterocycles. The Morgan fingerprint density at radius 2 is 2.14 bits per heavy atom. The van der Waals surface area contributed by atoms with Crippen molar-refractivity contribution in [2.24, 2.45) is 0 Å². The molecule has 0 amide bonds. The van der Waals surface area contributed by atoms with Gasteiger partial charge in [0, 0.05) is 32.4 Å². The summed E-state index contributed by atoms with van der Waals surface area (Å²) in [6.45, 7) is 0.726. The van der Waals surface area contributed by atoms with Gasteiger partial charge in [0.05, 0.1) is 19.8 Å². The monoisotopic (exact) mass is 306 g/mol. The molecule has 0 aliphatic rings. The lowest BCUT2D eigenvalue weighted by atomic mass is 10.1. The van der Waals surface area contributed by atoms with Crippen molar-refractivity contribution in [3.63, 3.8) is 0 Å². The molecule has 0 saturated heterocycles. The number of nitrogens with zero attached hydrogens (tertiary/aromatic N) is 1. The van der Waals surface area contributed by atoms with Crippen LogP contribution < -0.4 is 10.2 Å². The van der Waals surface area contributed by atoms with E-state index in [1.165, 1.54) is 23.1 Å². The summed E-state index contributed by atoms with van der Waals surface area (Å²) in [7, 11) is 1.57. The van der Waals surface area contributed by atoms with E-state index in [0.717, 1.165) is 0 Å². The highest BCUT2D eigenvalue weighted by Gasteiger charge is 2.16. The minimum Gasteiger partial charge on any atom is -0.395 e. The zero-order valence-corrected chi connectivity index (χ0v) is 12.0. The molecular weight excluding hydrogens is 285 g/mol. The molecule has 0 saturated carbocycles. The van der Waals surface area contributed by atoms with Gasteiger partial charge in [-0.3, -0.25) is 0 Å². The zero-order valence-electron chi connectivity index (χ0n) is 12.0. The third-order valence-electron chi connectivity index (χ3n) is 2.91. The lowest BCUT2D eigenvalue weighted by Gasteiger charge is -2.26. The molecule has 2 N–H and O–H groups in total. The molecular formula is C14H21F3N2O2. The van der Waals surface area contributed by atoms with Gasteiger partial charge in [-0.1, -0.05) is 0 Å². The van der Waals surface area contributed by atoms with Gasteiger partial charge in [-0.05, 0) is 23.8 Å². The minimum atomic E-state index is -2.53. The number of aliphatic hydroxyl groups excluding tert-OH is 1. The molecule has 0 atom stereocenters. The van der Waals surface area contributed by atoms with Gasteiger partial charge in [0.15, 0.2) is 0 Å². The molecule has 21 heavy (non-hydrogen) atoms. The molecule has 1 aromatic rings. The lowest BCUT2D eigenvalue weighted by Crippen LogP contribution is -2.33. The van der Waals surface area contributed by atoms with E-state index in [1.807, 2.05) is 0 Å². The summed E-state index contributed by atoms with van der Waals surface area (Å²) < 4.78 is 43.5. The van der Waals surface area contributed by atoms with Crippen LogP contribution in [0.5, 0.6) is 0 Å². The smallest absolute Gasteiger partial charge is 0.255 e. The van der Waals surface area contributed by atoms with Gasteiger partial charge in [0.2, 0.25) is 0 Å². The molecule has 0 heterocycles. The van der Waals surface area contributed by atoms with Crippen LogP contribution in [-0.2, 0) is 11.3 Å². The summed E-state index contributed by atoms with van der Waals surface area (Å²) in [4.78, 5) is 1.36. The number of aliphatic hydroxyl groups is 1. The van der Waals surface area contributed by atoms with Crippen molar-refractivity contribution in [1.82, 2.24) is 5.32 Å². The van der Waals surface area contributed by atoms with Crippen LogP contribution >= 0.6 is 0 Å². The molecule has 0 aromatic heterocycles. The highest BCUT2D eigenvalue weighted by atomic mass is 19.3. The van der Waals surface area contributed by atoms with Crippen LogP contribution in [0.4, 0.5) is 18.9 Å². The molecule has 0 bridgehead atoms. The van der Waals surface area contributed by atoms with Gasteiger partial charge >= 0.3 is 0 Å². The predicted octanol–water partition coefficient (Wildman–Crippen LogP) is 1.63. The molecule has 0 aliphatic carbocycles. The summed E-state index contributed by atoms with van der Waals surface area (Å²) in [6.07, 6.45) is -2.53. The second-order valence-electron chi connectivity index (χ2n) is 4.50. The van der Waals surface area contributed by atoms with Crippen molar-refractivity contribution in [3.05, 3.63) is 29.6 Å². The van der Waals surface area contributed by atoms with Crippen LogP contribution in [0.2, 0.25) is 0 Å². The van der Waals surface area contributed by atoms with E-state index in [-0.39, 0.29) is 13.2 Å². The van der Waals surface area contributed by atoms with E-state index >= 15 is 0 Å². The Hall–Kier alpha value is -1.31. The summed E-state index contributed by atoms with van der Waals surface area (Å²) in [6, 6.07) is 4.00. The fraction of sp³-hybridized carbons (Fsp3) is 0.571. The number of nitrogens with one attached hydrogen (secondary N) is 1. The Labute approximate surface area is 122 Å². The van der Waals surface area contributed by atoms with Crippen molar-refractivity contribution in [1.29, 1.82) is 0 Å². The molecule has 1 rings (SSSR count). The van der Waals surface area contributed by atoms with Gasteiger partial charge in [0.25, 0.3) is 6.43 Å². The first-order chi connectivity index (χ1) is 10.1. The summed E-state index contributed by atoms with van der Waals surface area (Å²) in [5.41, 5.74) is 1.07. The van der Waals surface area contributed by atoms with E-state index in [2.05, 4.69) is 5.32 Å². The van der Waals surface area contributed by atoms with Gasteiger partial charge in [-0.15, -0.1) is 0 Å². The fourth-order valence-corrected chi connectivity index (χ4v) is 2.00. The average Bonchev–Trinajstić information content (AvgIpc) is 2.43. The van der Waals surface area contributed by atoms with Crippen LogP contribution in [0.3, 0.4) is 0 Å². The molecule has 7 heteroatoms. The van der Waals surface area contributed by atoms with Crippen molar-refractivity contribution < 1.29 is 23.0 Å². The van der Waals surface area contributed by atoms with Gasteiger partial charge < -0.3 is 20.1 Å². The number of hydrogen-bond donors (Lipinski definition) is 2. The van der Waals surface area contributed by atoms with Crippen LogP contribution in [0, 0.1) is 5.82 Å². The topological polar surface area (TPSA) is 44.7 Å². The standard InChI is InChI=1S/C14H21F3N2O2/c1-21-7-4-18-9-11-8-12(15)2-3-13(11)19(5-6-20)10-14(16)17/h2-3,8,14,18,20H,4-7,9-10H2,1H3. The maximum absolute atomic E-state index is 13.4. The van der Waals surface area contributed by atoms with E-state index in [4.69, 9.17) is 9.84 Å². The first-order valence-corrected chi connectivity index (χ1v) is 6.70. The van der Waals surface area contributed by atoms with E-state index in [1.54, 1.807) is 7.11 Å². The van der Waals surface area contributed by atoms with Crippen molar-refractivity contribution in [3.8, 4) is 0 Å². The van der Waals surface area contributed by atoms with Crippen LogP contribution in [-0.4, -0.2) is 51.5 Å². The first kappa shape index (κ1) is 17.7. The minimum absolute atomic E-state index is 0.0705. The summed E-state index contributed by atoms with van der Waals surface area (Å²) in [5, 5.41) is 12.1. The largest absolute Gasteiger partial charge is 0.395 e. The van der Waals surface area contributed by atoms with Gasteiger partial charge in [-0.2, -0.15) is 0 Å². The molecule has 0 spiro atoms. The molecule has 4 nitrogen and oxygen atoms in total. The molecule has 0 fully saturated rings. The van der Waals surface area contributed by atoms with Gasteiger partial charge in [-0.25, -0.2) is 13.2 Å². The number of benzene rings is 1. The van der Waals surface area contributed by atoms with Crippen LogP contribution in [0.15, 0.2) is 18.2 Å². The predicted molar refractivity (Wildman–Crippen MR) is 75.3 cm³/mol. The maximum Gasteiger partial charge on any atom is 0.255 e. The summed E-state index contributed by atoms with van der Waals surface area (Å²) in [5.74, 6) is -0.428. The number of alkyl halides is 2. The SMILES string of the molecule is COCCNCc1cc(F)ccc1N(CCO)CC(F)F. The van der Waals surface area contributed by atoms with E-state index < -0.39 is 18.8 Å². The first-order valence-electron chi connectivity index (χ1n) is 6.70. The Kier molecular flexibility index (Phi) is 8.11. The molecule has 0 radical (unpaired) electrons. The number of halogens is 3. The highest BCUT2D eigenvalue weighted by molar-refractivity contribution is 5.54. The van der Waals surface area contributed by atoms with Crippen LogP contribution in [0.25, 0.3) is 0 Å². The quantitative estimate of drug-likeness (QED) is 0.645. The molecule has 120 valence electrons. The maximum atomic E-state index is 13.4.